The zero-order valence-corrected chi connectivity index (χ0v) is 12.9. The van der Waals surface area contributed by atoms with E-state index in [-0.39, 0.29) is 0 Å². The van der Waals surface area contributed by atoms with Crippen LogP contribution in [0.25, 0.3) is 0 Å². The van der Waals surface area contributed by atoms with Crippen molar-refractivity contribution in [2.45, 2.75) is 6.92 Å². The molecule has 0 aromatic heterocycles. The fourth-order valence-electron chi connectivity index (χ4n) is 1.81. The van der Waals surface area contributed by atoms with Crippen LogP contribution in [0.4, 0.5) is 5.69 Å². The highest BCUT2D eigenvalue weighted by Gasteiger charge is 2.12. The second-order valence-electron chi connectivity index (χ2n) is 4.76. The SMILES string of the molecule is COc1ccccc1/C=N/NC(=O)C(=O)Nc1ccc(C)cc1. The van der Waals surface area contributed by atoms with Crippen LogP contribution in [0.5, 0.6) is 5.75 Å². The van der Waals surface area contributed by atoms with Crippen LogP contribution in [0.3, 0.4) is 0 Å². The standard InChI is InChI=1S/C17H17N3O3/c1-12-7-9-14(10-8-12)19-16(21)17(22)20-18-11-13-5-3-4-6-15(13)23-2/h3-11H,1-2H3,(H,19,21)(H,20,22)/b18-11+. The van der Waals surface area contributed by atoms with Gasteiger partial charge in [0.2, 0.25) is 0 Å². The summed E-state index contributed by atoms with van der Waals surface area (Å²) >= 11 is 0. The Balaban J connectivity index is 1.92. The van der Waals surface area contributed by atoms with Gasteiger partial charge >= 0.3 is 11.8 Å². The van der Waals surface area contributed by atoms with E-state index in [1.165, 1.54) is 6.21 Å². The Bertz CT molecular complexity index is 724. The molecular formula is C17H17N3O3. The lowest BCUT2D eigenvalue weighted by Gasteiger charge is -2.05. The van der Waals surface area contributed by atoms with E-state index in [2.05, 4.69) is 15.8 Å². The zero-order valence-electron chi connectivity index (χ0n) is 12.9. The van der Waals surface area contributed by atoms with Crippen molar-refractivity contribution >= 4 is 23.7 Å². The number of anilines is 1. The number of carbonyl (C=O) groups excluding carboxylic acids is 2. The Hall–Kier alpha value is -3.15. The number of nitrogens with zero attached hydrogens (tertiary/aromatic N) is 1. The van der Waals surface area contributed by atoms with Gasteiger partial charge in [0.1, 0.15) is 5.75 Å². The monoisotopic (exact) mass is 311 g/mol. The number of ether oxygens (including phenoxy) is 1. The lowest BCUT2D eigenvalue weighted by molar-refractivity contribution is -0.136. The molecule has 0 radical (unpaired) electrons. The second-order valence-corrected chi connectivity index (χ2v) is 4.76. The highest BCUT2D eigenvalue weighted by atomic mass is 16.5. The van der Waals surface area contributed by atoms with E-state index in [9.17, 15) is 9.59 Å². The van der Waals surface area contributed by atoms with Crippen LogP contribution in [0, 0.1) is 6.92 Å². The molecule has 2 aromatic rings. The largest absolute Gasteiger partial charge is 0.496 e. The Morgan fingerprint density at radius 1 is 1.04 bits per heavy atom. The molecule has 0 heterocycles. The lowest BCUT2D eigenvalue weighted by Crippen LogP contribution is -2.32. The van der Waals surface area contributed by atoms with Crippen molar-refractivity contribution in [3.63, 3.8) is 0 Å². The van der Waals surface area contributed by atoms with Crippen molar-refractivity contribution in [3.05, 3.63) is 59.7 Å². The van der Waals surface area contributed by atoms with Crippen molar-refractivity contribution < 1.29 is 14.3 Å². The van der Waals surface area contributed by atoms with E-state index in [0.717, 1.165) is 5.56 Å². The van der Waals surface area contributed by atoms with Gasteiger partial charge in [-0.1, -0.05) is 29.8 Å². The molecule has 6 nitrogen and oxygen atoms in total. The van der Waals surface area contributed by atoms with Gasteiger partial charge in [-0.05, 0) is 31.2 Å². The molecule has 0 saturated carbocycles. The first-order chi connectivity index (χ1) is 11.1. The van der Waals surface area contributed by atoms with Crippen molar-refractivity contribution in [1.82, 2.24) is 5.43 Å². The van der Waals surface area contributed by atoms with Gasteiger partial charge in [0.25, 0.3) is 0 Å². The van der Waals surface area contributed by atoms with Crippen molar-refractivity contribution in [3.8, 4) is 5.75 Å². The highest BCUT2D eigenvalue weighted by Crippen LogP contribution is 2.14. The predicted molar refractivity (Wildman–Crippen MR) is 88.5 cm³/mol. The summed E-state index contributed by atoms with van der Waals surface area (Å²) in [4.78, 5) is 23.4. The highest BCUT2D eigenvalue weighted by molar-refractivity contribution is 6.39. The van der Waals surface area contributed by atoms with E-state index in [1.807, 2.05) is 31.2 Å². The van der Waals surface area contributed by atoms with Crippen molar-refractivity contribution in [1.29, 1.82) is 0 Å². The number of hydrogen-bond donors (Lipinski definition) is 2. The van der Waals surface area contributed by atoms with E-state index in [4.69, 9.17) is 4.74 Å². The van der Waals surface area contributed by atoms with E-state index in [1.54, 1.807) is 31.4 Å². The Morgan fingerprint density at radius 3 is 2.43 bits per heavy atom. The van der Waals surface area contributed by atoms with Crippen LogP contribution in [0.1, 0.15) is 11.1 Å². The fraction of sp³-hybridized carbons (Fsp3) is 0.118. The summed E-state index contributed by atoms with van der Waals surface area (Å²) < 4.78 is 5.16. The van der Waals surface area contributed by atoms with Crippen LogP contribution >= 0.6 is 0 Å². The third-order valence-corrected chi connectivity index (χ3v) is 3.02. The van der Waals surface area contributed by atoms with Gasteiger partial charge in [0, 0.05) is 11.3 Å². The normalized spacial score (nSPS) is 10.3. The quantitative estimate of drug-likeness (QED) is 0.515. The summed E-state index contributed by atoms with van der Waals surface area (Å²) in [6.07, 6.45) is 1.41. The summed E-state index contributed by atoms with van der Waals surface area (Å²) in [6, 6.07) is 14.3. The molecule has 2 rings (SSSR count). The Labute approximate surface area is 134 Å². The molecular weight excluding hydrogens is 294 g/mol. The van der Waals surface area contributed by atoms with Gasteiger partial charge in [0.15, 0.2) is 0 Å². The molecule has 2 amide bonds. The van der Waals surface area contributed by atoms with E-state index >= 15 is 0 Å². The number of amides is 2. The first-order valence-electron chi connectivity index (χ1n) is 6.94. The smallest absolute Gasteiger partial charge is 0.329 e. The number of methoxy groups -OCH3 is 1. The van der Waals surface area contributed by atoms with Crippen LogP contribution in [0.15, 0.2) is 53.6 Å². The maximum Gasteiger partial charge on any atom is 0.329 e. The first-order valence-corrected chi connectivity index (χ1v) is 6.94. The Kier molecular flexibility index (Phi) is 5.46. The molecule has 0 aliphatic heterocycles. The van der Waals surface area contributed by atoms with Gasteiger partial charge in [-0.2, -0.15) is 5.10 Å². The number of benzene rings is 2. The predicted octanol–water partition coefficient (Wildman–Crippen LogP) is 2.09. The van der Waals surface area contributed by atoms with E-state index in [0.29, 0.717) is 17.0 Å². The maximum atomic E-state index is 11.7. The molecule has 0 bridgehead atoms. The molecule has 0 aliphatic carbocycles. The third-order valence-electron chi connectivity index (χ3n) is 3.02. The number of para-hydroxylation sites is 1. The minimum Gasteiger partial charge on any atom is -0.496 e. The number of hydrazone groups is 1. The molecule has 0 spiro atoms. The molecule has 0 fully saturated rings. The lowest BCUT2D eigenvalue weighted by atomic mass is 10.2. The topological polar surface area (TPSA) is 79.8 Å². The van der Waals surface area contributed by atoms with Crippen molar-refractivity contribution in [2.24, 2.45) is 5.10 Å². The summed E-state index contributed by atoms with van der Waals surface area (Å²) in [7, 11) is 1.54. The number of hydrogen-bond acceptors (Lipinski definition) is 4. The van der Waals surface area contributed by atoms with Crippen LogP contribution in [-0.2, 0) is 9.59 Å². The number of rotatable bonds is 4. The maximum absolute atomic E-state index is 11.7. The molecule has 0 saturated heterocycles. The molecule has 2 N–H and O–H groups in total. The summed E-state index contributed by atoms with van der Waals surface area (Å²) in [5, 5.41) is 6.25. The average Bonchev–Trinajstić information content (AvgIpc) is 2.57. The molecule has 6 heteroatoms. The third kappa shape index (κ3) is 4.67. The molecule has 23 heavy (non-hydrogen) atoms. The van der Waals surface area contributed by atoms with Crippen molar-refractivity contribution in [2.75, 3.05) is 12.4 Å². The van der Waals surface area contributed by atoms with Crippen LogP contribution in [0.2, 0.25) is 0 Å². The summed E-state index contributed by atoms with van der Waals surface area (Å²) in [6.45, 7) is 1.94. The fourth-order valence-corrected chi connectivity index (χ4v) is 1.81. The Morgan fingerprint density at radius 2 is 1.74 bits per heavy atom. The minimum atomic E-state index is -0.850. The first kappa shape index (κ1) is 16.2. The molecule has 0 aliphatic rings. The molecule has 0 atom stereocenters. The van der Waals surface area contributed by atoms with Gasteiger partial charge in [0.05, 0.1) is 13.3 Å². The van der Waals surface area contributed by atoms with Gasteiger partial charge in [-0.25, -0.2) is 5.43 Å². The number of aryl methyl sites for hydroxylation is 1. The molecule has 118 valence electrons. The summed E-state index contributed by atoms with van der Waals surface area (Å²) in [5.74, 6) is -1.02. The number of nitrogens with one attached hydrogen (secondary N) is 2. The average molecular weight is 311 g/mol. The second kappa shape index (κ2) is 7.74. The number of carbonyl (C=O) groups is 2. The van der Waals surface area contributed by atoms with Gasteiger partial charge in [-0.3, -0.25) is 9.59 Å². The van der Waals surface area contributed by atoms with Crippen LogP contribution in [-0.4, -0.2) is 25.1 Å². The van der Waals surface area contributed by atoms with E-state index < -0.39 is 11.8 Å². The molecule has 0 unspecified atom stereocenters. The molecule has 2 aromatic carbocycles. The zero-order chi connectivity index (χ0) is 16.7. The van der Waals surface area contributed by atoms with Crippen LogP contribution < -0.4 is 15.5 Å². The van der Waals surface area contributed by atoms with Gasteiger partial charge < -0.3 is 10.1 Å². The minimum absolute atomic E-state index is 0.546. The van der Waals surface area contributed by atoms with Gasteiger partial charge in [-0.15, -0.1) is 0 Å². The summed E-state index contributed by atoms with van der Waals surface area (Å²) in [5.41, 5.74) is 4.48.